The maximum atomic E-state index is 12.6. The van der Waals surface area contributed by atoms with Crippen molar-refractivity contribution >= 4 is 23.1 Å². The van der Waals surface area contributed by atoms with Crippen molar-refractivity contribution in [3.63, 3.8) is 0 Å². The SMILES string of the molecule is COC(=O)N1CCc2c([C@@H]3CCOC3)cc3c(nc(C4CCC(C(=O)O)CC4)n3[C@@H](C)Cc3ccccc3)c2C1. The second-order valence-corrected chi connectivity index (χ2v) is 11.8. The van der Waals surface area contributed by atoms with Gasteiger partial charge in [0.2, 0.25) is 0 Å². The lowest BCUT2D eigenvalue weighted by atomic mass is 9.81. The number of hydrogen-bond acceptors (Lipinski definition) is 5. The quantitative estimate of drug-likeness (QED) is 0.419. The molecule has 0 bridgehead atoms. The molecular weight excluding hydrogens is 506 g/mol. The molecule has 3 aromatic rings. The first-order valence-corrected chi connectivity index (χ1v) is 14.7. The van der Waals surface area contributed by atoms with Crippen LogP contribution in [-0.2, 0) is 33.7 Å². The number of aliphatic carboxylic acids is 1. The van der Waals surface area contributed by atoms with Gasteiger partial charge in [-0.15, -0.1) is 0 Å². The summed E-state index contributed by atoms with van der Waals surface area (Å²) in [5.41, 5.74) is 7.13. The van der Waals surface area contributed by atoms with Crippen molar-refractivity contribution < 1.29 is 24.2 Å². The molecule has 0 spiro atoms. The average Bonchev–Trinajstić information content (AvgIpc) is 3.65. The lowest BCUT2D eigenvalue weighted by Crippen LogP contribution is -2.36. The summed E-state index contributed by atoms with van der Waals surface area (Å²) in [5.74, 6) is 0.635. The van der Waals surface area contributed by atoms with Crippen molar-refractivity contribution in [2.45, 2.75) is 76.3 Å². The number of carbonyl (C=O) groups is 2. The number of hydrogen-bond donors (Lipinski definition) is 1. The van der Waals surface area contributed by atoms with E-state index in [1.807, 2.05) is 6.07 Å². The van der Waals surface area contributed by atoms with Gasteiger partial charge in [0.15, 0.2) is 0 Å². The Hall–Kier alpha value is -3.39. The van der Waals surface area contributed by atoms with Crippen LogP contribution in [0, 0.1) is 5.92 Å². The molecular formula is C32H39N3O5. The first-order chi connectivity index (χ1) is 19.4. The first kappa shape index (κ1) is 26.8. The highest BCUT2D eigenvalue weighted by Gasteiger charge is 2.35. The predicted octanol–water partition coefficient (Wildman–Crippen LogP) is 5.83. The normalized spacial score (nSPS) is 23.6. The van der Waals surface area contributed by atoms with E-state index in [2.05, 4.69) is 41.8 Å². The second-order valence-electron chi connectivity index (χ2n) is 11.8. The molecule has 8 heteroatoms. The largest absolute Gasteiger partial charge is 0.481 e. The van der Waals surface area contributed by atoms with Gasteiger partial charge in [-0.25, -0.2) is 9.78 Å². The molecule has 1 saturated heterocycles. The lowest BCUT2D eigenvalue weighted by Gasteiger charge is -2.31. The van der Waals surface area contributed by atoms with Gasteiger partial charge in [-0.1, -0.05) is 30.3 Å². The summed E-state index contributed by atoms with van der Waals surface area (Å²) in [6.07, 6.45) is 5.32. The van der Waals surface area contributed by atoms with Crippen LogP contribution < -0.4 is 0 Å². The molecule has 2 aromatic carbocycles. The number of amides is 1. The van der Waals surface area contributed by atoms with Crippen molar-refractivity contribution in [3.05, 3.63) is 64.5 Å². The summed E-state index contributed by atoms with van der Waals surface area (Å²) < 4.78 is 13.4. The molecule has 1 aromatic heterocycles. The third-order valence-corrected chi connectivity index (χ3v) is 9.31. The zero-order valence-corrected chi connectivity index (χ0v) is 23.5. The summed E-state index contributed by atoms with van der Waals surface area (Å²) in [6, 6.07) is 13.1. The minimum Gasteiger partial charge on any atom is -0.481 e. The predicted molar refractivity (Wildman–Crippen MR) is 152 cm³/mol. The topological polar surface area (TPSA) is 93.9 Å². The Balaban J connectivity index is 1.50. The molecule has 40 heavy (non-hydrogen) atoms. The Morgan fingerprint density at radius 3 is 2.55 bits per heavy atom. The maximum Gasteiger partial charge on any atom is 0.409 e. The molecule has 1 aliphatic carbocycles. The van der Waals surface area contributed by atoms with Gasteiger partial charge in [-0.2, -0.15) is 0 Å². The fourth-order valence-corrected chi connectivity index (χ4v) is 7.18. The fraction of sp³-hybridized carbons (Fsp3) is 0.531. The monoisotopic (exact) mass is 545 g/mol. The Morgan fingerprint density at radius 2 is 1.88 bits per heavy atom. The smallest absolute Gasteiger partial charge is 0.409 e. The maximum absolute atomic E-state index is 12.6. The highest BCUT2D eigenvalue weighted by atomic mass is 16.5. The van der Waals surface area contributed by atoms with Crippen LogP contribution >= 0.6 is 0 Å². The van der Waals surface area contributed by atoms with Crippen molar-refractivity contribution in [2.75, 3.05) is 26.9 Å². The van der Waals surface area contributed by atoms with Gasteiger partial charge in [0, 0.05) is 36.6 Å². The van der Waals surface area contributed by atoms with E-state index in [1.165, 1.54) is 23.8 Å². The van der Waals surface area contributed by atoms with Crippen molar-refractivity contribution in [1.82, 2.24) is 14.5 Å². The fourth-order valence-electron chi connectivity index (χ4n) is 7.18. The summed E-state index contributed by atoms with van der Waals surface area (Å²) >= 11 is 0. The number of ether oxygens (including phenoxy) is 2. The van der Waals surface area contributed by atoms with E-state index >= 15 is 0 Å². The Morgan fingerprint density at radius 1 is 1.10 bits per heavy atom. The van der Waals surface area contributed by atoms with E-state index in [9.17, 15) is 14.7 Å². The number of carboxylic acid groups (broad SMARTS) is 1. The van der Waals surface area contributed by atoms with E-state index in [1.54, 1.807) is 4.90 Å². The zero-order valence-electron chi connectivity index (χ0n) is 23.5. The van der Waals surface area contributed by atoms with Crippen molar-refractivity contribution in [1.29, 1.82) is 0 Å². The molecule has 2 fully saturated rings. The average molecular weight is 546 g/mol. The molecule has 1 N–H and O–H groups in total. The molecule has 1 amide bonds. The third-order valence-electron chi connectivity index (χ3n) is 9.31. The number of carboxylic acids is 1. The van der Waals surface area contributed by atoms with E-state index in [0.29, 0.717) is 31.8 Å². The molecule has 1 saturated carbocycles. The molecule has 2 aliphatic heterocycles. The molecule has 0 unspecified atom stereocenters. The number of benzene rings is 2. The van der Waals surface area contributed by atoms with Gasteiger partial charge >= 0.3 is 12.1 Å². The van der Waals surface area contributed by atoms with Crippen LogP contribution in [-0.4, -0.2) is 58.5 Å². The third kappa shape index (κ3) is 4.98. The van der Waals surface area contributed by atoms with E-state index in [4.69, 9.17) is 14.5 Å². The second kappa shape index (κ2) is 11.2. The minimum atomic E-state index is -0.690. The number of fused-ring (bicyclic) bond motifs is 3. The van der Waals surface area contributed by atoms with Crippen molar-refractivity contribution in [2.24, 2.45) is 5.92 Å². The summed E-state index contributed by atoms with van der Waals surface area (Å²) in [4.78, 5) is 31.4. The highest BCUT2D eigenvalue weighted by molar-refractivity contribution is 5.84. The van der Waals surface area contributed by atoms with Gasteiger partial charge in [-0.3, -0.25) is 4.79 Å². The summed E-state index contributed by atoms with van der Waals surface area (Å²) in [5, 5.41) is 9.60. The van der Waals surface area contributed by atoms with Gasteiger partial charge in [0.25, 0.3) is 0 Å². The van der Waals surface area contributed by atoms with Crippen LogP contribution in [0.5, 0.6) is 0 Å². The van der Waals surface area contributed by atoms with E-state index < -0.39 is 5.97 Å². The number of imidazole rings is 1. The zero-order chi connectivity index (χ0) is 27.8. The van der Waals surface area contributed by atoms with E-state index in [0.717, 1.165) is 67.7 Å². The summed E-state index contributed by atoms with van der Waals surface area (Å²) in [7, 11) is 1.44. The summed E-state index contributed by atoms with van der Waals surface area (Å²) in [6.45, 7) is 4.86. The van der Waals surface area contributed by atoms with Crippen LogP contribution in [0.15, 0.2) is 36.4 Å². The Labute approximate surface area is 235 Å². The first-order valence-electron chi connectivity index (χ1n) is 14.7. The molecule has 8 nitrogen and oxygen atoms in total. The van der Waals surface area contributed by atoms with Gasteiger partial charge in [0.1, 0.15) is 5.82 Å². The molecule has 3 aliphatic rings. The molecule has 6 rings (SSSR count). The highest BCUT2D eigenvalue weighted by Crippen LogP contribution is 2.42. The minimum absolute atomic E-state index is 0.158. The molecule has 0 radical (unpaired) electrons. The van der Waals surface area contributed by atoms with Crippen LogP contribution in [0.4, 0.5) is 4.79 Å². The van der Waals surface area contributed by atoms with Gasteiger partial charge in [0.05, 0.1) is 37.2 Å². The number of nitrogens with zero attached hydrogens (tertiary/aromatic N) is 3. The van der Waals surface area contributed by atoms with Crippen LogP contribution in [0.3, 0.4) is 0 Å². The lowest BCUT2D eigenvalue weighted by molar-refractivity contribution is -0.142. The molecule has 212 valence electrons. The van der Waals surface area contributed by atoms with E-state index in [-0.39, 0.29) is 24.0 Å². The van der Waals surface area contributed by atoms with Gasteiger partial charge in [-0.05, 0) is 74.6 Å². The Bertz CT molecular complexity index is 1390. The number of carbonyl (C=O) groups excluding carboxylic acids is 1. The Kier molecular flexibility index (Phi) is 7.53. The van der Waals surface area contributed by atoms with Gasteiger partial charge < -0.3 is 24.0 Å². The van der Waals surface area contributed by atoms with Crippen LogP contribution in [0.2, 0.25) is 0 Å². The number of methoxy groups -OCH3 is 1. The van der Waals surface area contributed by atoms with Crippen molar-refractivity contribution in [3.8, 4) is 0 Å². The standard InChI is InChI=1S/C32H39N3O5/c1-20(16-21-6-4-3-5-7-21)35-28-17-26(24-13-15-40-19-24)25-12-14-34(32(38)39-2)18-27(25)29(28)33-30(35)22-8-10-23(11-9-22)31(36)37/h3-7,17,20,22-24H,8-16,18-19H2,1-2H3,(H,36,37)/t20-,22?,23?,24+/m0/s1. The van der Waals surface area contributed by atoms with Crippen LogP contribution in [0.25, 0.3) is 11.0 Å². The molecule has 3 heterocycles. The number of aromatic nitrogens is 2. The van der Waals surface area contributed by atoms with Crippen LogP contribution in [0.1, 0.15) is 85.0 Å². The molecule has 2 atom stereocenters. The number of rotatable bonds is 6.